The highest BCUT2D eigenvalue weighted by atomic mass is 14.4. The molecule has 0 heteroatoms. The number of hydrogen-bond acceptors (Lipinski definition) is 0. The Morgan fingerprint density at radius 2 is 0.600 bits per heavy atom. The summed E-state index contributed by atoms with van der Waals surface area (Å²) < 4.78 is 0. The monoisotopic (exact) mass is 504 g/mol. The minimum atomic E-state index is 1.27. The summed E-state index contributed by atoms with van der Waals surface area (Å²) >= 11 is 0. The summed E-state index contributed by atoms with van der Waals surface area (Å²) in [6.45, 7) is 0. The van der Waals surface area contributed by atoms with Crippen LogP contribution in [-0.4, -0.2) is 0 Å². The van der Waals surface area contributed by atoms with Crippen molar-refractivity contribution in [3.8, 4) is 0 Å². The van der Waals surface area contributed by atoms with E-state index in [1.165, 1.54) is 88.0 Å². The molecule has 0 amide bonds. The molecule has 40 heavy (non-hydrogen) atoms. The van der Waals surface area contributed by atoms with Crippen molar-refractivity contribution < 1.29 is 0 Å². The van der Waals surface area contributed by atoms with Crippen LogP contribution < -0.4 is 0 Å². The highest BCUT2D eigenvalue weighted by Gasteiger charge is 2.37. The van der Waals surface area contributed by atoms with Crippen LogP contribution in [-0.2, 0) is 0 Å². The lowest BCUT2D eigenvalue weighted by Gasteiger charge is -2.15. The van der Waals surface area contributed by atoms with Crippen molar-refractivity contribution >= 4 is 54.6 Å². The van der Waals surface area contributed by atoms with E-state index in [2.05, 4.69) is 146 Å². The van der Waals surface area contributed by atoms with Gasteiger partial charge >= 0.3 is 0 Å². The first-order valence-corrected chi connectivity index (χ1v) is 14.0. The molecular weight excluding hydrogens is 480 g/mol. The van der Waals surface area contributed by atoms with Gasteiger partial charge in [0.05, 0.1) is 0 Å². The Kier molecular flexibility index (Phi) is 4.42. The highest BCUT2D eigenvalue weighted by molar-refractivity contribution is 6.37. The zero-order valence-electron chi connectivity index (χ0n) is 21.9. The fraction of sp³-hybridized carbons (Fsp3) is 0. The Morgan fingerprint density at radius 1 is 0.200 bits per heavy atom. The number of hydrogen-bond donors (Lipinski definition) is 0. The standard InChI is InChI=1S/C40H24/c1-4-15-28-25(11-1)13-9-21-31(28)37-33-16-5-7-18-35(33)40-38(34-17-6-8-19-36(34)39(37)40)32-22-10-20-29-27-14-3-2-12-26(27)23-24-30(29)32/h1-24H. The maximum Gasteiger partial charge on any atom is -0.000741 e. The molecule has 0 aliphatic heterocycles. The highest BCUT2D eigenvalue weighted by Crippen LogP contribution is 2.59. The van der Waals surface area contributed by atoms with Crippen molar-refractivity contribution in [3.63, 3.8) is 0 Å². The predicted molar refractivity (Wildman–Crippen MR) is 170 cm³/mol. The first-order chi connectivity index (χ1) is 19.9. The van der Waals surface area contributed by atoms with Crippen molar-refractivity contribution in [1.29, 1.82) is 0 Å². The molecule has 0 atom stereocenters. The van der Waals surface area contributed by atoms with Crippen LogP contribution in [0.25, 0.3) is 54.6 Å². The first-order valence-electron chi connectivity index (χ1n) is 14.0. The zero-order chi connectivity index (χ0) is 26.2. The van der Waals surface area contributed by atoms with E-state index >= 15 is 0 Å². The van der Waals surface area contributed by atoms with Gasteiger partial charge in [-0.05, 0) is 88.0 Å². The molecule has 0 spiro atoms. The quantitative estimate of drug-likeness (QED) is 0.205. The minimum absolute atomic E-state index is 1.27. The molecule has 0 unspecified atom stereocenters. The van der Waals surface area contributed by atoms with E-state index in [4.69, 9.17) is 0 Å². The summed E-state index contributed by atoms with van der Waals surface area (Å²) in [6, 6.07) is 53.6. The Labute approximate surface area is 233 Å². The summed E-state index contributed by atoms with van der Waals surface area (Å²) in [7, 11) is 0. The molecular formula is C40H24. The molecule has 9 rings (SSSR count). The molecule has 0 aromatic heterocycles. The second-order valence-electron chi connectivity index (χ2n) is 10.8. The average Bonchev–Trinajstić information content (AvgIpc) is 3.53. The molecule has 0 nitrogen and oxygen atoms in total. The number of benzene rings is 7. The smallest absolute Gasteiger partial charge is 0.000741 e. The Balaban J connectivity index is 1.45. The van der Waals surface area contributed by atoms with E-state index in [1.54, 1.807) is 0 Å². The molecule has 0 radical (unpaired) electrons. The summed E-state index contributed by atoms with van der Waals surface area (Å²) in [6.07, 6.45) is 0. The second kappa shape index (κ2) is 8.15. The van der Waals surface area contributed by atoms with Crippen LogP contribution in [0.3, 0.4) is 0 Å². The van der Waals surface area contributed by atoms with Crippen molar-refractivity contribution in [3.05, 3.63) is 179 Å². The third-order valence-corrected chi connectivity index (χ3v) is 8.80. The van der Waals surface area contributed by atoms with Crippen LogP contribution in [0.1, 0.15) is 33.4 Å². The normalized spacial score (nSPS) is 13.8. The lowest BCUT2D eigenvalue weighted by Crippen LogP contribution is -1.94. The lowest BCUT2D eigenvalue weighted by atomic mass is 9.88. The summed E-state index contributed by atoms with van der Waals surface area (Å²) in [5.41, 5.74) is 13.3. The van der Waals surface area contributed by atoms with Gasteiger partial charge in [0.15, 0.2) is 0 Å². The van der Waals surface area contributed by atoms with Crippen molar-refractivity contribution in [2.75, 3.05) is 0 Å². The lowest BCUT2D eigenvalue weighted by molar-refractivity contribution is 1.54. The van der Waals surface area contributed by atoms with Gasteiger partial charge in [-0.1, -0.05) is 146 Å². The Bertz CT molecular complexity index is 2250. The van der Waals surface area contributed by atoms with Crippen LogP contribution in [0.4, 0.5) is 0 Å². The van der Waals surface area contributed by atoms with E-state index in [-0.39, 0.29) is 0 Å². The van der Waals surface area contributed by atoms with E-state index in [1.807, 2.05) is 0 Å². The SMILES string of the molecule is c1ccc2c(c1)C1=C(c3cccc4c3ccc3ccccc34)c3ccccc3C1=C2c1cccc2ccccc12. The Morgan fingerprint density at radius 3 is 1.25 bits per heavy atom. The van der Waals surface area contributed by atoms with E-state index in [9.17, 15) is 0 Å². The molecule has 0 saturated heterocycles. The maximum atomic E-state index is 2.32. The van der Waals surface area contributed by atoms with Crippen molar-refractivity contribution in [2.45, 2.75) is 0 Å². The number of fused-ring (bicyclic) bond motifs is 9. The summed E-state index contributed by atoms with van der Waals surface area (Å²) in [5, 5.41) is 7.76. The van der Waals surface area contributed by atoms with Gasteiger partial charge < -0.3 is 0 Å². The maximum absolute atomic E-state index is 2.32. The van der Waals surface area contributed by atoms with Crippen LogP contribution in [0.2, 0.25) is 0 Å². The molecule has 0 bridgehead atoms. The van der Waals surface area contributed by atoms with Gasteiger partial charge in [0.25, 0.3) is 0 Å². The summed E-state index contributed by atoms with van der Waals surface area (Å²) in [5.74, 6) is 0. The predicted octanol–water partition coefficient (Wildman–Crippen LogP) is 10.4. The molecule has 7 aromatic carbocycles. The molecule has 0 saturated carbocycles. The second-order valence-corrected chi connectivity index (χ2v) is 10.8. The third kappa shape index (κ3) is 2.85. The van der Waals surface area contributed by atoms with Crippen LogP contribution >= 0.6 is 0 Å². The van der Waals surface area contributed by atoms with Gasteiger partial charge in [-0.2, -0.15) is 0 Å². The zero-order valence-corrected chi connectivity index (χ0v) is 21.9. The van der Waals surface area contributed by atoms with Gasteiger partial charge in [0.2, 0.25) is 0 Å². The van der Waals surface area contributed by atoms with Crippen molar-refractivity contribution in [2.24, 2.45) is 0 Å². The van der Waals surface area contributed by atoms with E-state index in [0.717, 1.165) is 0 Å². The largest absolute Gasteiger partial charge is 0.0616 e. The van der Waals surface area contributed by atoms with Crippen LogP contribution in [0, 0.1) is 0 Å². The van der Waals surface area contributed by atoms with Crippen LogP contribution in [0.15, 0.2) is 146 Å². The molecule has 184 valence electrons. The van der Waals surface area contributed by atoms with Gasteiger partial charge in [-0.3, -0.25) is 0 Å². The molecule has 2 aliphatic carbocycles. The molecule has 0 heterocycles. The topological polar surface area (TPSA) is 0 Å². The summed E-state index contributed by atoms with van der Waals surface area (Å²) in [4.78, 5) is 0. The van der Waals surface area contributed by atoms with Gasteiger partial charge in [0, 0.05) is 0 Å². The van der Waals surface area contributed by atoms with Crippen molar-refractivity contribution in [1.82, 2.24) is 0 Å². The number of rotatable bonds is 2. The molecule has 0 N–H and O–H groups in total. The van der Waals surface area contributed by atoms with Gasteiger partial charge in [-0.15, -0.1) is 0 Å². The minimum Gasteiger partial charge on any atom is -0.0616 e. The molecule has 7 aromatic rings. The first kappa shape index (κ1) is 21.7. The van der Waals surface area contributed by atoms with E-state index < -0.39 is 0 Å². The number of allylic oxidation sites excluding steroid dienone is 2. The third-order valence-electron chi connectivity index (χ3n) is 8.80. The fourth-order valence-electron chi connectivity index (χ4n) is 7.16. The fourth-order valence-corrected chi connectivity index (χ4v) is 7.16. The van der Waals surface area contributed by atoms with Crippen LogP contribution in [0.5, 0.6) is 0 Å². The molecule has 2 aliphatic rings. The van der Waals surface area contributed by atoms with Gasteiger partial charge in [-0.25, -0.2) is 0 Å². The Hall–Kier alpha value is -5.20. The molecule has 0 fully saturated rings. The average molecular weight is 505 g/mol. The van der Waals surface area contributed by atoms with E-state index in [0.29, 0.717) is 0 Å². The van der Waals surface area contributed by atoms with Gasteiger partial charge in [0.1, 0.15) is 0 Å².